The molecule has 2 heteroatoms. The highest BCUT2D eigenvalue weighted by Crippen LogP contribution is 2.17. The van der Waals surface area contributed by atoms with Gasteiger partial charge in [0.25, 0.3) is 0 Å². The summed E-state index contributed by atoms with van der Waals surface area (Å²) in [5, 5.41) is 3.08. The molecule has 2 aromatic rings. The quantitative estimate of drug-likeness (QED) is 0.358. The first kappa shape index (κ1) is 26.8. The number of rotatable bonds is 8. The minimum atomic E-state index is 0.529. The molecule has 2 aromatic carbocycles. The maximum atomic E-state index is 5.69. The van der Waals surface area contributed by atoms with Crippen molar-refractivity contribution in [3.8, 4) is 5.75 Å². The van der Waals surface area contributed by atoms with E-state index in [9.17, 15) is 0 Å². The van der Waals surface area contributed by atoms with E-state index in [0.29, 0.717) is 6.61 Å². The molecule has 0 atom stereocenters. The summed E-state index contributed by atoms with van der Waals surface area (Å²) in [7, 11) is 1.89. The summed E-state index contributed by atoms with van der Waals surface area (Å²) in [6, 6.07) is 16.2. The summed E-state index contributed by atoms with van der Waals surface area (Å²) in [4.78, 5) is 0. The van der Waals surface area contributed by atoms with Gasteiger partial charge in [-0.05, 0) is 48.3 Å². The Morgan fingerprint density at radius 2 is 1.87 bits per heavy atom. The van der Waals surface area contributed by atoms with Crippen molar-refractivity contribution in [1.29, 1.82) is 0 Å². The summed E-state index contributed by atoms with van der Waals surface area (Å²) in [5.41, 5.74) is 7.46. The minimum absolute atomic E-state index is 0.529. The zero-order chi connectivity index (χ0) is 22.6. The molecule has 0 radical (unpaired) electrons. The lowest BCUT2D eigenvalue weighted by Crippen LogP contribution is -1.99. The van der Waals surface area contributed by atoms with E-state index in [1.54, 1.807) is 0 Å². The topological polar surface area (TPSA) is 21.3 Å². The minimum Gasteiger partial charge on any atom is -0.489 e. The molecule has 0 spiro atoms. The van der Waals surface area contributed by atoms with E-state index in [4.69, 9.17) is 4.74 Å². The third kappa shape index (κ3) is 10.9. The Labute approximate surface area is 184 Å². The fraction of sp³-hybridized carbons (Fsp3) is 0.250. The number of ether oxygens (including phenoxy) is 1. The SMILES string of the molecule is C=C/C(=C\C=C/C)COc1cccc(NC)c1.C=C=Cc1ccccc1CC.CC. The summed E-state index contributed by atoms with van der Waals surface area (Å²) in [6.07, 6.45) is 10.7. The van der Waals surface area contributed by atoms with Gasteiger partial charge in [0, 0.05) is 18.8 Å². The predicted molar refractivity (Wildman–Crippen MR) is 135 cm³/mol. The van der Waals surface area contributed by atoms with Gasteiger partial charge in [0.05, 0.1) is 0 Å². The monoisotopic (exact) mass is 403 g/mol. The number of nitrogens with one attached hydrogen (secondary N) is 1. The molecule has 2 nitrogen and oxygen atoms in total. The largest absolute Gasteiger partial charge is 0.489 e. The molecule has 0 heterocycles. The second kappa shape index (κ2) is 17.8. The number of hydrogen-bond donors (Lipinski definition) is 1. The molecule has 160 valence electrons. The zero-order valence-electron chi connectivity index (χ0n) is 19.2. The number of anilines is 1. The summed E-state index contributed by atoms with van der Waals surface area (Å²) in [5.74, 6) is 0.852. The van der Waals surface area contributed by atoms with Crippen LogP contribution in [0.1, 0.15) is 38.8 Å². The maximum absolute atomic E-state index is 5.69. The Morgan fingerprint density at radius 3 is 2.47 bits per heavy atom. The predicted octanol–water partition coefficient (Wildman–Crippen LogP) is 7.87. The van der Waals surface area contributed by atoms with E-state index >= 15 is 0 Å². The first-order chi connectivity index (χ1) is 14.7. The van der Waals surface area contributed by atoms with Crippen LogP contribution in [-0.2, 0) is 6.42 Å². The Morgan fingerprint density at radius 1 is 1.13 bits per heavy atom. The van der Waals surface area contributed by atoms with Crippen molar-refractivity contribution in [2.45, 2.75) is 34.1 Å². The summed E-state index contributed by atoms with van der Waals surface area (Å²) >= 11 is 0. The highest BCUT2D eigenvalue weighted by atomic mass is 16.5. The van der Waals surface area contributed by atoms with E-state index in [1.807, 2.05) is 88.5 Å². The summed E-state index contributed by atoms with van der Waals surface area (Å²) < 4.78 is 5.69. The lowest BCUT2D eigenvalue weighted by molar-refractivity contribution is 0.356. The zero-order valence-corrected chi connectivity index (χ0v) is 19.2. The molecule has 0 fully saturated rings. The van der Waals surface area contributed by atoms with Crippen LogP contribution < -0.4 is 10.1 Å². The lowest BCUT2D eigenvalue weighted by atomic mass is 10.1. The molecule has 0 saturated carbocycles. The van der Waals surface area contributed by atoms with Gasteiger partial charge in [0.2, 0.25) is 0 Å². The smallest absolute Gasteiger partial charge is 0.121 e. The average Bonchev–Trinajstić information content (AvgIpc) is 2.81. The van der Waals surface area contributed by atoms with Crippen LogP contribution in [0.15, 0.2) is 97.3 Å². The van der Waals surface area contributed by atoms with Gasteiger partial charge in [-0.2, -0.15) is 0 Å². The molecule has 30 heavy (non-hydrogen) atoms. The van der Waals surface area contributed by atoms with Crippen molar-refractivity contribution in [1.82, 2.24) is 0 Å². The van der Waals surface area contributed by atoms with Gasteiger partial charge in [-0.25, -0.2) is 0 Å². The van der Waals surface area contributed by atoms with Gasteiger partial charge in [-0.1, -0.05) is 88.6 Å². The van der Waals surface area contributed by atoms with Crippen molar-refractivity contribution >= 4 is 11.8 Å². The van der Waals surface area contributed by atoms with Gasteiger partial charge < -0.3 is 10.1 Å². The average molecular weight is 404 g/mol. The fourth-order valence-corrected chi connectivity index (χ4v) is 2.41. The molecule has 2 rings (SSSR count). The third-order valence-corrected chi connectivity index (χ3v) is 3.99. The second-order valence-corrected chi connectivity index (χ2v) is 5.94. The number of benzene rings is 2. The van der Waals surface area contributed by atoms with Crippen LogP contribution in [0.4, 0.5) is 5.69 Å². The fourth-order valence-electron chi connectivity index (χ4n) is 2.41. The molecule has 0 aliphatic rings. The van der Waals surface area contributed by atoms with Crippen LogP contribution in [0.5, 0.6) is 5.75 Å². The molecule has 0 amide bonds. The van der Waals surface area contributed by atoms with Gasteiger partial charge in [-0.15, -0.1) is 5.73 Å². The van der Waals surface area contributed by atoms with Crippen LogP contribution in [0.2, 0.25) is 0 Å². The van der Waals surface area contributed by atoms with Crippen molar-refractivity contribution in [3.05, 3.63) is 108 Å². The van der Waals surface area contributed by atoms with E-state index in [-0.39, 0.29) is 0 Å². The highest BCUT2D eigenvalue weighted by molar-refractivity contribution is 5.52. The molecule has 0 bridgehead atoms. The normalized spacial score (nSPS) is 9.97. The van der Waals surface area contributed by atoms with E-state index < -0.39 is 0 Å². The Balaban J connectivity index is 0.000000557. The Bertz CT molecular complexity index is 839. The van der Waals surface area contributed by atoms with Crippen LogP contribution in [0.3, 0.4) is 0 Å². The molecule has 1 N–H and O–H groups in total. The van der Waals surface area contributed by atoms with Crippen LogP contribution in [0, 0.1) is 0 Å². The molecule has 0 aliphatic carbocycles. The van der Waals surface area contributed by atoms with Crippen molar-refractivity contribution in [3.63, 3.8) is 0 Å². The van der Waals surface area contributed by atoms with Crippen LogP contribution >= 0.6 is 0 Å². The molecule has 0 aromatic heterocycles. The molecular formula is C28H37NO. The van der Waals surface area contributed by atoms with Crippen molar-refractivity contribution < 1.29 is 4.74 Å². The van der Waals surface area contributed by atoms with Crippen LogP contribution in [0.25, 0.3) is 6.08 Å². The van der Waals surface area contributed by atoms with E-state index in [1.165, 1.54) is 11.1 Å². The van der Waals surface area contributed by atoms with Crippen molar-refractivity contribution in [2.75, 3.05) is 19.0 Å². The summed E-state index contributed by atoms with van der Waals surface area (Å²) in [6.45, 7) is 16.0. The molecular weight excluding hydrogens is 366 g/mol. The number of aryl methyl sites for hydroxylation is 1. The lowest BCUT2D eigenvalue weighted by Gasteiger charge is -2.08. The highest BCUT2D eigenvalue weighted by Gasteiger charge is 1.96. The second-order valence-electron chi connectivity index (χ2n) is 5.94. The third-order valence-electron chi connectivity index (χ3n) is 3.99. The molecule has 0 saturated heterocycles. The van der Waals surface area contributed by atoms with Gasteiger partial charge in [0.1, 0.15) is 12.4 Å². The van der Waals surface area contributed by atoms with Crippen LogP contribution in [-0.4, -0.2) is 13.7 Å². The Kier molecular flexibility index (Phi) is 15.9. The van der Waals surface area contributed by atoms with E-state index in [0.717, 1.165) is 23.4 Å². The number of allylic oxidation sites excluding steroid dienone is 3. The van der Waals surface area contributed by atoms with E-state index in [2.05, 4.69) is 49.3 Å². The number of hydrogen-bond acceptors (Lipinski definition) is 2. The maximum Gasteiger partial charge on any atom is 0.121 e. The van der Waals surface area contributed by atoms with Gasteiger partial charge >= 0.3 is 0 Å². The van der Waals surface area contributed by atoms with Crippen molar-refractivity contribution in [2.24, 2.45) is 0 Å². The Hall–Kier alpha value is -3.22. The molecule has 0 aliphatic heterocycles. The standard InChI is InChI=1S/C15H19NO.C11H12.C2H6/c1-4-6-8-13(5-2)12-17-15-10-7-9-14(11-15)16-3;1-3-7-11-9-6-5-8-10(11)4-2;1-2/h4-11,16H,2,12H2,1,3H3;5-9H,1,4H2,2H3;1-2H3/b6-4-,13-8+;;. The first-order valence-electron chi connectivity index (χ1n) is 10.5. The van der Waals surface area contributed by atoms with Gasteiger partial charge in [0.15, 0.2) is 0 Å². The molecule has 0 unspecified atom stereocenters. The first-order valence-corrected chi connectivity index (χ1v) is 10.5. The van der Waals surface area contributed by atoms with Gasteiger partial charge in [-0.3, -0.25) is 0 Å².